The van der Waals surface area contributed by atoms with Crippen LogP contribution in [0.5, 0.6) is 11.5 Å². The van der Waals surface area contributed by atoms with Crippen LogP contribution >= 0.6 is 22.7 Å². The van der Waals surface area contributed by atoms with Gasteiger partial charge in [0.05, 0.1) is 32.0 Å². The molecule has 152 valence electrons. The zero-order valence-electron chi connectivity index (χ0n) is 16.4. The average Bonchev–Trinajstić information content (AvgIpc) is 3.43. The van der Waals surface area contributed by atoms with Gasteiger partial charge in [-0.25, -0.2) is 9.97 Å². The number of hydrogen-bond donors (Lipinski definition) is 1. The van der Waals surface area contributed by atoms with Crippen molar-refractivity contribution in [2.75, 3.05) is 19.5 Å². The lowest BCUT2D eigenvalue weighted by Gasteiger charge is -2.08. The average molecular weight is 438 g/mol. The van der Waals surface area contributed by atoms with Gasteiger partial charge in [-0.2, -0.15) is 0 Å². The van der Waals surface area contributed by atoms with E-state index in [1.807, 2.05) is 53.2 Å². The molecule has 0 radical (unpaired) electrons. The zero-order chi connectivity index (χ0) is 20.9. The fraction of sp³-hybridized carbons (Fsp3) is 0.136. The molecule has 8 heteroatoms. The van der Waals surface area contributed by atoms with Gasteiger partial charge in [0.15, 0.2) is 5.13 Å². The van der Waals surface area contributed by atoms with Crippen LogP contribution in [-0.2, 0) is 11.2 Å². The Morgan fingerprint density at radius 1 is 1.00 bits per heavy atom. The summed E-state index contributed by atoms with van der Waals surface area (Å²) >= 11 is 2.90. The van der Waals surface area contributed by atoms with Crippen molar-refractivity contribution in [3.05, 3.63) is 65.0 Å². The van der Waals surface area contributed by atoms with Crippen molar-refractivity contribution in [3.63, 3.8) is 0 Å². The van der Waals surface area contributed by atoms with Crippen molar-refractivity contribution in [2.45, 2.75) is 6.42 Å². The lowest BCUT2D eigenvalue weighted by Crippen LogP contribution is -2.14. The van der Waals surface area contributed by atoms with Crippen molar-refractivity contribution < 1.29 is 14.3 Å². The molecule has 2 heterocycles. The van der Waals surface area contributed by atoms with E-state index in [4.69, 9.17) is 9.47 Å². The minimum absolute atomic E-state index is 0.150. The van der Waals surface area contributed by atoms with Gasteiger partial charge >= 0.3 is 0 Å². The fourth-order valence-corrected chi connectivity index (χ4v) is 4.45. The molecule has 0 aliphatic carbocycles. The Bertz CT molecular complexity index is 1160. The third kappa shape index (κ3) is 4.50. The molecule has 2 aromatic heterocycles. The standard InChI is InChI=1S/C22H19N3O3S2/c1-27-16-8-9-17(19(11-16)28-2)18-13-30-22(24-18)25-20(26)10-15-12-29-21(23-15)14-6-4-3-5-7-14/h3-9,11-13H,10H2,1-2H3,(H,24,25,26). The first-order valence-corrected chi connectivity index (χ1v) is 10.9. The fourth-order valence-electron chi connectivity index (χ4n) is 2.89. The molecule has 6 nitrogen and oxygen atoms in total. The van der Waals surface area contributed by atoms with E-state index in [1.54, 1.807) is 20.3 Å². The largest absolute Gasteiger partial charge is 0.497 e. The molecule has 0 unspecified atom stereocenters. The normalized spacial score (nSPS) is 10.6. The van der Waals surface area contributed by atoms with Gasteiger partial charge in [-0.1, -0.05) is 30.3 Å². The van der Waals surface area contributed by atoms with Gasteiger partial charge in [0, 0.05) is 28.0 Å². The summed E-state index contributed by atoms with van der Waals surface area (Å²) in [7, 11) is 3.21. The first-order chi connectivity index (χ1) is 14.7. The third-order valence-corrected chi connectivity index (χ3v) is 6.05. The van der Waals surface area contributed by atoms with E-state index >= 15 is 0 Å². The van der Waals surface area contributed by atoms with E-state index < -0.39 is 0 Å². The Hall–Kier alpha value is -3.23. The first-order valence-electron chi connectivity index (χ1n) is 9.14. The van der Waals surface area contributed by atoms with Crippen LogP contribution in [0.1, 0.15) is 5.69 Å². The maximum Gasteiger partial charge on any atom is 0.232 e. The van der Waals surface area contributed by atoms with Gasteiger partial charge in [-0.15, -0.1) is 22.7 Å². The summed E-state index contributed by atoms with van der Waals surface area (Å²) in [6.07, 6.45) is 0.199. The van der Waals surface area contributed by atoms with E-state index in [0.717, 1.165) is 27.5 Å². The van der Waals surface area contributed by atoms with E-state index in [0.29, 0.717) is 16.6 Å². The molecule has 0 spiro atoms. The number of carbonyl (C=O) groups excluding carboxylic acids is 1. The number of nitrogens with one attached hydrogen (secondary N) is 1. The van der Waals surface area contributed by atoms with Gasteiger partial charge in [0.1, 0.15) is 16.5 Å². The molecule has 0 saturated carbocycles. The van der Waals surface area contributed by atoms with Crippen LogP contribution in [-0.4, -0.2) is 30.1 Å². The molecular formula is C22H19N3O3S2. The zero-order valence-corrected chi connectivity index (χ0v) is 18.0. The van der Waals surface area contributed by atoms with Crippen LogP contribution in [0, 0.1) is 0 Å². The number of aromatic nitrogens is 2. The number of methoxy groups -OCH3 is 2. The van der Waals surface area contributed by atoms with Crippen LogP contribution in [0.15, 0.2) is 59.3 Å². The number of rotatable bonds is 7. The highest BCUT2D eigenvalue weighted by Gasteiger charge is 2.14. The molecule has 0 bridgehead atoms. The Morgan fingerprint density at radius 3 is 2.60 bits per heavy atom. The van der Waals surface area contributed by atoms with Gasteiger partial charge in [0.2, 0.25) is 5.91 Å². The second-order valence-electron chi connectivity index (χ2n) is 6.34. The van der Waals surface area contributed by atoms with E-state index in [1.165, 1.54) is 22.7 Å². The van der Waals surface area contributed by atoms with Gasteiger partial charge < -0.3 is 14.8 Å². The summed E-state index contributed by atoms with van der Waals surface area (Å²) in [6, 6.07) is 15.5. The van der Waals surface area contributed by atoms with Crippen molar-refractivity contribution in [1.82, 2.24) is 9.97 Å². The second kappa shape index (κ2) is 9.06. The van der Waals surface area contributed by atoms with E-state index in [2.05, 4.69) is 15.3 Å². The van der Waals surface area contributed by atoms with Crippen molar-refractivity contribution in [2.24, 2.45) is 0 Å². The van der Waals surface area contributed by atoms with Crippen molar-refractivity contribution in [3.8, 4) is 33.3 Å². The molecule has 0 aliphatic heterocycles. The summed E-state index contributed by atoms with van der Waals surface area (Å²) in [6.45, 7) is 0. The lowest BCUT2D eigenvalue weighted by molar-refractivity contribution is -0.115. The molecule has 0 fully saturated rings. The SMILES string of the molecule is COc1ccc(-c2csc(NC(=O)Cc3csc(-c4ccccc4)n3)n2)c(OC)c1. The molecule has 4 aromatic rings. The highest BCUT2D eigenvalue weighted by molar-refractivity contribution is 7.14. The Balaban J connectivity index is 1.43. The molecule has 0 atom stereocenters. The van der Waals surface area contributed by atoms with Crippen LogP contribution < -0.4 is 14.8 Å². The summed E-state index contributed by atoms with van der Waals surface area (Å²) in [5.41, 5.74) is 3.36. The quantitative estimate of drug-likeness (QED) is 0.434. The first kappa shape index (κ1) is 20.1. The van der Waals surface area contributed by atoms with Crippen molar-refractivity contribution in [1.29, 1.82) is 0 Å². The topological polar surface area (TPSA) is 73.3 Å². The van der Waals surface area contributed by atoms with E-state index in [-0.39, 0.29) is 12.3 Å². The maximum atomic E-state index is 12.5. The Labute approximate surface area is 182 Å². The minimum Gasteiger partial charge on any atom is -0.497 e. The predicted molar refractivity (Wildman–Crippen MR) is 121 cm³/mol. The van der Waals surface area contributed by atoms with Crippen LogP contribution in [0.4, 0.5) is 5.13 Å². The molecule has 0 saturated heterocycles. The number of ether oxygens (including phenoxy) is 2. The summed E-state index contributed by atoms with van der Waals surface area (Å²) in [4.78, 5) is 21.6. The monoisotopic (exact) mass is 437 g/mol. The predicted octanol–water partition coefficient (Wildman–Crippen LogP) is 5.13. The van der Waals surface area contributed by atoms with Gasteiger partial charge in [-0.05, 0) is 12.1 Å². The highest BCUT2D eigenvalue weighted by Crippen LogP contribution is 2.35. The molecule has 1 amide bonds. The molecular weight excluding hydrogens is 418 g/mol. The number of nitrogens with zero attached hydrogens (tertiary/aromatic N) is 2. The molecule has 2 aromatic carbocycles. The summed E-state index contributed by atoms with van der Waals surface area (Å²) in [5, 5.41) is 8.09. The van der Waals surface area contributed by atoms with Crippen molar-refractivity contribution >= 4 is 33.7 Å². The van der Waals surface area contributed by atoms with Gasteiger partial charge in [0.25, 0.3) is 0 Å². The van der Waals surface area contributed by atoms with E-state index in [9.17, 15) is 4.79 Å². The second-order valence-corrected chi connectivity index (χ2v) is 8.06. The van der Waals surface area contributed by atoms with Crippen LogP contribution in [0.25, 0.3) is 21.8 Å². The van der Waals surface area contributed by atoms with Crippen LogP contribution in [0.3, 0.4) is 0 Å². The Kier molecular flexibility index (Phi) is 6.06. The smallest absolute Gasteiger partial charge is 0.232 e. The minimum atomic E-state index is -0.150. The highest BCUT2D eigenvalue weighted by atomic mass is 32.1. The molecule has 30 heavy (non-hydrogen) atoms. The number of thiazole rings is 2. The molecule has 0 aliphatic rings. The third-order valence-electron chi connectivity index (χ3n) is 4.35. The number of hydrogen-bond acceptors (Lipinski definition) is 7. The number of benzene rings is 2. The van der Waals surface area contributed by atoms with Gasteiger partial charge in [-0.3, -0.25) is 4.79 Å². The maximum absolute atomic E-state index is 12.5. The summed E-state index contributed by atoms with van der Waals surface area (Å²) in [5.74, 6) is 1.22. The molecule has 1 N–H and O–H groups in total. The van der Waals surface area contributed by atoms with Crippen LogP contribution in [0.2, 0.25) is 0 Å². The number of amides is 1. The molecule has 4 rings (SSSR count). The lowest BCUT2D eigenvalue weighted by atomic mass is 10.1. The number of carbonyl (C=O) groups is 1. The Morgan fingerprint density at radius 2 is 1.83 bits per heavy atom. The number of anilines is 1. The summed E-state index contributed by atoms with van der Waals surface area (Å²) < 4.78 is 10.7.